The van der Waals surface area contributed by atoms with Crippen LogP contribution in [0.2, 0.25) is 0 Å². The van der Waals surface area contributed by atoms with Gasteiger partial charge in [0, 0.05) is 0 Å². The molecule has 2 aliphatic rings. The lowest BCUT2D eigenvalue weighted by molar-refractivity contribution is -0.144. The van der Waals surface area contributed by atoms with Crippen molar-refractivity contribution < 1.29 is 14.6 Å². The molecule has 1 aliphatic heterocycles. The summed E-state index contributed by atoms with van der Waals surface area (Å²) in [5, 5.41) is 9.88. The summed E-state index contributed by atoms with van der Waals surface area (Å²) in [5.74, 6) is -0.238. The zero-order valence-electron chi connectivity index (χ0n) is 12.8. The van der Waals surface area contributed by atoms with Gasteiger partial charge < -0.3 is 15.6 Å². The SMILES string of the molecule is C=CCC(CC1CC1)(C(=O)O)c1ccc(C2(N)COC2)cc1. The Morgan fingerprint density at radius 2 is 2.05 bits per heavy atom. The molecule has 0 spiro atoms. The lowest BCUT2D eigenvalue weighted by Gasteiger charge is -2.38. The number of carboxylic acid groups (broad SMARTS) is 1. The zero-order chi connectivity index (χ0) is 15.8. The maximum Gasteiger partial charge on any atom is 0.314 e. The van der Waals surface area contributed by atoms with Crippen LogP contribution < -0.4 is 5.73 Å². The topological polar surface area (TPSA) is 72.5 Å². The smallest absolute Gasteiger partial charge is 0.314 e. The highest BCUT2D eigenvalue weighted by Crippen LogP contribution is 2.44. The maximum atomic E-state index is 12.0. The lowest BCUT2D eigenvalue weighted by atomic mass is 9.73. The first kappa shape index (κ1) is 15.3. The van der Waals surface area contributed by atoms with E-state index < -0.39 is 16.9 Å². The third-order valence-corrected chi connectivity index (χ3v) is 4.97. The molecule has 0 radical (unpaired) electrons. The highest BCUT2D eigenvalue weighted by Gasteiger charge is 2.44. The number of ether oxygens (including phenoxy) is 1. The molecule has 118 valence electrons. The van der Waals surface area contributed by atoms with E-state index in [-0.39, 0.29) is 0 Å². The molecule has 0 amide bonds. The van der Waals surface area contributed by atoms with Crippen molar-refractivity contribution in [2.45, 2.75) is 36.6 Å². The summed E-state index contributed by atoms with van der Waals surface area (Å²) in [6.45, 7) is 4.80. The van der Waals surface area contributed by atoms with Crippen LogP contribution in [-0.4, -0.2) is 24.3 Å². The van der Waals surface area contributed by atoms with Gasteiger partial charge in [0.25, 0.3) is 0 Å². The second-order valence-electron chi connectivity index (χ2n) is 6.75. The van der Waals surface area contributed by atoms with Crippen molar-refractivity contribution >= 4 is 5.97 Å². The molecule has 4 heteroatoms. The van der Waals surface area contributed by atoms with E-state index in [4.69, 9.17) is 10.5 Å². The zero-order valence-corrected chi connectivity index (χ0v) is 12.8. The molecule has 1 aromatic rings. The highest BCUT2D eigenvalue weighted by molar-refractivity contribution is 5.81. The summed E-state index contributed by atoms with van der Waals surface area (Å²) < 4.78 is 5.20. The second-order valence-corrected chi connectivity index (χ2v) is 6.75. The molecule has 1 aromatic carbocycles. The van der Waals surface area contributed by atoms with Gasteiger partial charge in [-0.2, -0.15) is 0 Å². The molecule has 3 rings (SSSR count). The quantitative estimate of drug-likeness (QED) is 0.759. The van der Waals surface area contributed by atoms with Gasteiger partial charge >= 0.3 is 5.97 Å². The maximum absolute atomic E-state index is 12.0. The Morgan fingerprint density at radius 3 is 2.45 bits per heavy atom. The minimum absolute atomic E-state index is 0.417. The largest absolute Gasteiger partial charge is 0.481 e. The van der Waals surface area contributed by atoms with Gasteiger partial charge in [-0.1, -0.05) is 43.2 Å². The van der Waals surface area contributed by atoms with Crippen LogP contribution in [0.5, 0.6) is 0 Å². The van der Waals surface area contributed by atoms with E-state index >= 15 is 0 Å². The Labute approximate surface area is 131 Å². The molecule has 4 nitrogen and oxygen atoms in total. The Kier molecular flexibility index (Phi) is 3.83. The van der Waals surface area contributed by atoms with Crippen molar-refractivity contribution in [2.75, 3.05) is 13.2 Å². The number of benzene rings is 1. The van der Waals surface area contributed by atoms with Gasteiger partial charge in [0.05, 0.1) is 24.2 Å². The number of aliphatic carboxylic acids is 1. The number of carbonyl (C=O) groups is 1. The summed E-state index contributed by atoms with van der Waals surface area (Å²) in [6.07, 6.45) is 5.12. The van der Waals surface area contributed by atoms with Gasteiger partial charge in [-0.05, 0) is 29.9 Å². The minimum atomic E-state index is -0.862. The molecule has 0 bridgehead atoms. The Hall–Kier alpha value is -1.65. The van der Waals surface area contributed by atoms with Gasteiger partial charge in [0.15, 0.2) is 0 Å². The van der Waals surface area contributed by atoms with Crippen molar-refractivity contribution in [1.29, 1.82) is 0 Å². The summed E-state index contributed by atoms with van der Waals surface area (Å²) in [6, 6.07) is 7.74. The van der Waals surface area contributed by atoms with Crippen LogP contribution in [0.25, 0.3) is 0 Å². The fourth-order valence-electron chi connectivity index (χ4n) is 3.29. The van der Waals surface area contributed by atoms with Crippen molar-refractivity contribution in [3.8, 4) is 0 Å². The normalized spacial score (nSPS) is 22.4. The average molecular weight is 301 g/mol. The van der Waals surface area contributed by atoms with Gasteiger partial charge in [-0.15, -0.1) is 6.58 Å². The van der Waals surface area contributed by atoms with Crippen LogP contribution in [0, 0.1) is 5.92 Å². The predicted molar refractivity (Wildman–Crippen MR) is 84.6 cm³/mol. The molecule has 22 heavy (non-hydrogen) atoms. The third kappa shape index (κ3) is 2.57. The van der Waals surface area contributed by atoms with Gasteiger partial charge in [-0.25, -0.2) is 0 Å². The lowest BCUT2D eigenvalue weighted by Crippen LogP contribution is -2.54. The summed E-state index contributed by atoms with van der Waals surface area (Å²) in [5.41, 5.74) is 6.81. The van der Waals surface area contributed by atoms with Crippen LogP contribution in [0.3, 0.4) is 0 Å². The van der Waals surface area contributed by atoms with Crippen LogP contribution in [0.1, 0.15) is 36.8 Å². The van der Waals surface area contributed by atoms with E-state index in [1.165, 1.54) is 0 Å². The molecule has 0 aromatic heterocycles. The summed E-state index contributed by atoms with van der Waals surface area (Å²) >= 11 is 0. The second kappa shape index (κ2) is 5.52. The van der Waals surface area contributed by atoms with E-state index in [0.717, 1.165) is 24.0 Å². The number of allylic oxidation sites excluding steroid dienone is 1. The molecule has 1 saturated carbocycles. The van der Waals surface area contributed by atoms with Gasteiger partial charge in [0.2, 0.25) is 0 Å². The highest BCUT2D eigenvalue weighted by atomic mass is 16.5. The average Bonchev–Trinajstić information content (AvgIpc) is 3.28. The molecule has 1 aliphatic carbocycles. The molecular weight excluding hydrogens is 278 g/mol. The Balaban J connectivity index is 1.92. The van der Waals surface area contributed by atoms with Crippen molar-refractivity contribution in [1.82, 2.24) is 0 Å². The van der Waals surface area contributed by atoms with E-state index in [1.807, 2.05) is 24.3 Å². The number of hydrogen-bond acceptors (Lipinski definition) is 3. The minimum Gasteiger partial charge on any atom is -0.481 e. The molecule has 1 saturated heterocycles. The summed E-state index contributed by atoms with van der Waals surface area (Å²) in [7, 11) is 0. The first-order valence-electron chi connectivity index (χ1n) is 7.82. The first-order valence-corrected chi connectivity index (χ1v) is 7.82. The number of rotatable bonds is 7. The Bertz CT molecular complexity index is 572. The van der Waals surface area contributed by atoms with Crippen molar-refractivity contribution in [2.24, 2.45) is 11.7 Å². The van der Waals surface area contributed by atoms with Crippen LogP contribution in [0.15, 0.2) is 36.9 Å². The monoisotopic (exact) mass is 301 g/mol. The van der Waals surface area contributed by atoms with Crippen molar-refractivity contribution in [3.05, 3.63) is 48.0 Å². The number of hydrogen-bond donors (Lipinski definition) is 2. The fraction of sp³-hybridized carbons (Fsp3) is 0.500. The van der Waals surface area contributed by atoms with Crippen LogP contribution in [0.4, 0.5) is 0 Å². The number of nitrogens with two attached hydrogens (primary N) is 1. The molecule has 1 atom stereocenters. The predicted octanol–water partition coefficient (Wildman–Crippen LogP) is 2.57. The van der Waals surface area contributed by atoms with E-state index in [9.17, 15) is 9.90 Å². The van der Waals surface area contributed by atoms with Gasteiger partial charge in [0.1, 0.15) is 0 Å². The summed E-state index contributed by atoms with van der Waals surface area (Å²) in [4.78, 5) is 12.0. The molecule has 1 heterocycles. The van der Waals surface area contributed by atoms with Crippen LogP contribution in [-0.2, 0) is 20.5 Å². The van der Waals surface area contributed by atoms with Crippen LogP contribution >= 0.6 is 0 Å². The van der Waals surface area contributed by atoms with Crippen molar-refractivity contribution in [3.63, 3.8) is 0 Å². The standard InChI is InChI=1S/C18H23NO3/c1-2-9-17(16(20)21,10-13-3-4-13)14-5-7-15(8-6-14)18(19)11-22-12-18/h2,5-8,13H,1,3-4,9-12,19H2,(H,20,21). The third-order valence-electron chi connectivity index (χ3n) is 4.97. The first-order chi connectivity index (χ1) is 10.5. The van der Waals surface area contributed by atoms with E-state index in [2.05, 4.69) is 6.58 Å². The molecular formula is C18H23NO3. The molecule has 2 fully saturated rings. The van der Waals surface area contributed by atoms with E-state index in [1.54, 1.807) is 6.08 Å². The molecule has 3 N–H and O–H groups in total. The molecule has 1 unspecified atom stereocenters. The Morgan fingerprint density at radius 1 is 1.41 bits per heavy atom. The fourth-order valence-corrected chi connectivity index (χ4v) is 3.29. The number of carboxylic acids is 1. The van der Waals surface area contributed by atoms with Gasteiger partial charge in [-0.3, -0.25) is 4.79 Å². The van der Waals surface area contributed by atoms with E-state index in [0.29, 0.717) is 32.0 Å².